The number of benzene rings is 1. The number of nitrogens with zero attached hydrogens (tertiary/aromatic N) is 4. The summed E-state index contributed by atoms with van der Waals surface area (Å²) in [5, 5.41) is 4.19. The van der Waals surface area contributed by atoms with E-state index in [1.54, 1.807) is 6.20 Å². The lowest BCUT2D eigenvalue weighted by Crippen LogP contribution is -2.04. The van der Waals surface area contributed by atoms with Crippen LogP contribution in [0.25, 0.3) is 10.9 Å². The van der Waals surface area contributed by atoms with Gasteiger partial charge in [-0.1, -0.05) is 18.2 Å². The smallest absolute Gasteiger partial charge is 0.322 e. The fourth-order valence-corrected chi connectivity index (χ4v) is 2.06. The molecule has 0 aliphatic carbocycles. The number of aromatic nitrogens is 4. The molecule has 0 aliphatic heterocycles. The zero-order chi connectivity index (χ0) is 14.7. The molecule has 2 heterocycles. The quantitative estimate of drug-likeness (QED) is 0.797. The third-order valence-corrected chi connectivity index (χ3v) is 2.91. The summed E-state index contributed by atoms with van der Waals surface area (Å²) in [5.41, 5.74) is 1.62. The van der Waals surface area contributed by atoms with Gasteiger partial charge in [0.1, 0.15) is 0 Å². The summed E-state index contributed by atoms with van der Waals surface area (Å²) in [7, 11) is 0. The first kappa shape index (κ1) is 13.5. The number of ether oxygens (including phenoxy) is 1. The molecule has 0 saturated heterocycles. The Balaban J connectivity index is 1.98. The van der Waals surface area contributed by atoms with Crippen LogP contribution in [0.2, 0.25) is 5.28 Å². The summed E-state index contributed by atoms with van der Waals surface area (Å²) in [6, 6.07) is 9.87. The highest BCUT2D eigenvalue weighted by molar-refractivity contribution is 6.28. The van der Waals surface area contributed by atoms with Crippen molar-refractivity contribution in [3.63, 3.8) is 0 Å². The van der Waals surface area contributed by atoms with E-state index in [9.17, 15) is 0 Å². The number of hydrogen-bond acceptors (Lipinski definition) is 6. The van der Waals surface area contributed by atoms with Gasteiger partial charge in [-0.15, -0.1) is 0 Å². The normalized spacial score (nSPS) is 10.6. The van der Waals surface area contributed by atoms with E-state index >= 15 is 0 Å². The van der Waals surface area contributed by atoms with Gasteiger partial charge in [0.15, 0.2) is 0 Å². The second-order valence-corrected chi connectivity index (χ2v) is 4.49. The standard InChI is InChI=1S/C14H12ClN5O/c1-2-21-14-19-12(15)18-13(20-14)17-10-7-3-5-9-6-4-8-16-11(9)10/h3-8H,2H2,1H3,(H,17,18,19,20). The van der Waals surface area contributed by atoms with Crippen LogP contribution < -0.4 is 10.1 Å². The number of hydrogen-bond donors (Lipinski definition) is 1. The van der Waals surface area contributed by atoms with Gasteiger partial charge in [-0.2, -0.15) is 15.0 Å². The van der Waals surface area contributed by atoms with Crippen molar-refractivity contribution >= 4 is 34.1 Å². The van der Waals surface area contributed by atoms with Crippen molar-refractivity contribution in [3.8, 4) is 6.01 Å². The zero-order valence-corrected chi connectivity index (χ0v) is 12.0. The molecule has 0 fully saturated rings. The van der Waals surface area contributed by atoms with Crippen molar-refractivity contribution in [2.45, 2.75) is 6.92 Å². The second-order valence-electron chi connectivity index (χ2n) is 4.15. The fourth-order valence-electron chi connectivity index (χ4n) is 1.91. The lowest BCUT2D eigenvalue weighted by atomic mass is 10.2. The molecule has 106 valence electrons. The summed E-state index contributed by atoms with van der Waals surface area (Å²) < 4.78 is 5.25. The molecule has 21 heavy (non-hydrogen) atoms. The van der Waals surface area contributed by atoms with E-state index in [2.05, 4.69) is 25.3 Å². The van der Waals surface area contributed by atoms with E-state index < -0.39 is 0 Å². The lowest BCUT2D eigenvalue weighted by molar-refractivity contribution is 0.312. The molecule has 1 aromatic carbocycles. The lowest BCUT2D eigenvalue weighted by Gasteiger charge is -2.08. The number of pyridine rings is 1. The minimum atomic E-state index is 0.0733. The van der Waals surface area contributed by atoms with Crippen molar-refractivity contribution in [1.29, 1.82) is 0 Å². The molecule has 1 N–H and O–H groups in total. The maximum Gasteiger partial charge on any atom is 0.322 e. The van der Waals surface area contributed by atoms with Gasteiger partial charge in [-0.25, -0.2) is 0 Å². The third kappa shape index (κ3) is 3.00. The van der Waals surface area contributed by atoms with Crippen molar-refractivity contribution in [2.24, 2.45) is 0 Å². The van der Waals surface area contributed by atoms with Gasteiger partial charge in [0.05, 0.1) is 17.8 Å². The highest BCUT2D eigenvalue weighted by Gasteiger charge is 2.08. The fraction of sp³-hybridized carbons (Fsp3) is 0.143. The van der Waals surface area contributed by atoms with E-state index in [4.69, 9.17) is 16.3 Å². The van der Waals surface area contributed by atoms with Crippen LogP contribution in [0.3, 0.4) is 0 Å². The zero-order valence-electron chi connectivity index (χ0n) is 11.2. The summed E-state index contributed by atoms with van der Waals surface area (Å²) in [6.07, 6.45) is 1.74. The molecule has 0 saturated carbocycles. The predicted molar refractivity (Wildman–Crippen MR) is 81.0 cm³/mol. The Morgan fingerprint density at radius 2 is 2.00 bits per heavy atom. The van der Waals surface area contributed by atoms with Gasteiger partial charge in [-0.3, -0.25) is 4.98 Å². The molecular weight excluding hydrogens is 290 g/mol. The molecular formula is C14H12ClN5O. The van der Waals surface area contributed by atoms with Gasteiger partial charge >= 0.3 is 6.01 Å². The summed E-state index contributed by atoms with van der Waals surface area (Å²) in [5.74, 6) is 0.316. The summed E-state index contributed by atoms with van der Waals surface area (Å²) in [4.78, 5) is 16.5. The van der Waals surface area contributed by atoms with Crippen molar-refractivity contribution in [3.05, 3.63) is 41.8 Å². The molecule has 0 aliphatic rings. The number of anilines is 2. The van der Waals surface area contributed by atoms with E-state index in [-0.39, 0.29) is 11.3 Å². The van der Waals surface area contributed by atoms with Crippen molar-refractivity contribution in [2.75, 3.05) is 11.9 Å². The average Bonchev–Trinajstić information content (AvgIpc) is 2.47. The first-order valence-electron chi connectivity index (χ1n) is 6.41. The van der Waals surface area contributed by atoms with Gasteiger partial charge in [0.2, 0.25) is 11.2 Å². The molecule has 0 amide bonds. The van der Waals surface area contributed by atoms with E-state index in [1.807, 2.05) is 37.3 Å². The predicted octanol–water partition coefficient (Wildman–Crippen LogP) is 3.22. The molecule has 0 radical (unpaired) electrons. The van der Waals surface area contributed by atoms with Crippen LogP contribution in [-0.2, 0) is 0 Å². The van der Waals surface area contributed by atoms with Crippen LogP contribution in [0.4, 0.5) is 11.6 Å². The Kier molecular flexibility index (Phi) is 3.79. The second kappa shape index (κ2) is 5.88. The molecule has 0 bridgehead atoms. The minimum Gasteiger partial charge on any atom is -0.464 e. The number of halogens is 1. The van der Waals surface area contributed by atoms with Gasteiger partial charge in [0, 0.05) is 11.6 Å². The maximum atomic E-state index is 5.87. The highest BCUT2D eigenvalue weighted by Crippen LogP contribution is 2.24. The Bertz CT molecular complexity index is 775. The summed E-state index contributed by atoms with van der Waals surface area (Å²) >= 11 is 5.87. The Morgan fingerprint density at radius 1 is 1.14 bits per heavy atom. The van der Waals surface area contributed by atoms with Crippen LogP contribution in [0.1, 0.15) is 6.92 Å². The van der Waals surface area contributed by atoms with Crippen molar-refractivity contribution < 1.29 is 4.74 Å². The molecule has 0 unspecified atom stereocenters. The minimum absolute atomic E-state index is 0.0733. The third-order valence-electron chi connectivity index (χ3n) is 2.74. The van der Waals surface area contributed by atoms with Gasteiger partial charge in [-0.05, 0) is 30.7 Å². The monoisotopic (exact) mass is 301 g/mol. The topological polar surface area (TPSA) is 72.8 Å². The highest BCUT2D eigenvalue weighted by atomic mass is 35.5. The number of para-hydroxylation sites is 1. The molecule has 0 atom stereocenters. The molecule has 3 aromatic rings. The average molecular weight is 302 g/mol. The maximum absolute atomic E-state index is 5.87. The molecule has 3 rings (SSSR count). The SMILES string of the molecule is CCOc1nc(Cl)nc(Nc2cccc3cccnc23)n1. The first-order chi connectivity index (χ1) is 10.3. The Morgan fingerprint density at radius 3 is 2.86 bits per heavy atom. The molecule has 2 aromatic heterocycles. The Hall–Kier alpha value is -2.47. The van der Waals surface area contributed by atoms with Crippen LogP contribution in [0.5, 0.6) is 6.01 Å². The Labute approximate surface area is 126 Å². The van der Waals surface area contributed by atoms with E-state index in [1.165, 1.54) is 0 Å². The number of nitrogens with one attached hydrogen (secondary N) is 1. The summed E-state index contributed by atoms with van der Waals surface area (Å²) in [6.45, 7) is 2.30. The molecule has 6 nitrogen and oxygen atoms in total. The first-order valence-corrected chi connectivity index (χ1v) is 6.79. The van der Waals surface area contributed by atoms with E-state index in [0.29, 0.717) is 12.6 Å². The van der Waals surface area contributed by atoms with E-state index in [0.717, 1.165) is 16.6 Å². The van der Waals surface area contributed by atoms with Crippen molar-refractivity contribution in [1.82, 2.24) is 19.9 Å². The largest absolute Gasteiger partial charge is 0.464 e. The molecule has 7 heteroatoms. The van der Waals surface area contributed by atoms with Crippen LogP contribution in [0.15, 0.2) is 36.5 Å². The van der Waals surface area contributed by atoms with Crippen LogP contribution in [-0.4, -0.2) is 26.5 Å². The number of rotatable bonds is 4. The van der Waals surface area contributed by atoms with Gasteiger partial charge in [0.25, 0.3) is 0 Å². The van der Waals surface area contributed by atoms with Crippen LogP contribution in [0, 0.1) is 0 Å². The van der Waals surface area contributed by atoms with Gasteiger partial charge < -0.3 is 10.1 Å². The molecule has 0 spiro atoms. The number of fused-ring (bicyclic) bond motifs is 1. The van der Waals surface area contributed by atoms with Crippen LogP contribution >= 0.6 is 11.6 Å².